The van der Waals surface area contributed by atoms with E-state index in [2.05, 4.69) is 5.32 Å². The van der Waals surface area contributed by atoms with Crippen molar-refractivity contribution >= 4 is 12.0 Å². The quantitative estimate of drug-likeness (QED) is 0.624. The van der Waals surface area contributed by atoms with Crippen molar-refractivity contribution in [2.75, 3.05) is 46.6 Å². The molecule has 33 heavy (non-hydrogen) atoms. The zero-order chi connectivity index (χ0) is 23.0. The molecule has 1 amide bonds. The van der Waals surface area contributed by atoms with E-state index >= 15 is 0 Å². The molecule has 0 spiro atoms. The third-order valence-corrected chi connectivity index (χ3v) is 5.47. The van der Waals surface area contributed by atoms with Crippen molar-refractivity contribution in [3.05, 3.63) is 53.7 Å². The molecule has 2 aromatic carbocycles. The lowest BCUT2D eigenvalue weighted by atomic mass is 10.1. The second-order valence-corrected chi connectivity index (χ2v) is 8.02. The Balaban J connectivity index is 1.38. The van der Waals surface area contributed by atoms with Crippen LogP contribution in [0.4, 0.5) is 4.39 Å². The van der Waals surface area contributed by atoms with Crippen molar-refractivity contribution in [1.82, 2.24) is 10.2 Å². The third kappa shape index (κ3) is 6.61. The van der Waals surface area contributed by atoms with Crippen LogP contribution < -0.4 is 24.3 Å². The summed E-state index contributed by atoms with van der Waals surface area (Å²) in [6.45, 7) is 2.77. The first-order valence-electron chi connectivity index (χ1n) is 11.1. The molecule has 2 heterocycles. The Kier molecular flexibility index (Phi) is 7.67. The zero-order valence-corrected chi connectivity index (χ0v) is 18.7. The van der Waals surface area contributed by atoms with Gasteiger partial charge in [0.25, 0.3) is 0 Å². The average Bonchev–Trinajstić information content (AvgIpc) is 3.23. The number of rotatable bonds is 9. The number of halogens is 1. The van der Waals surface area contributed by atoms with E-state index < -0.39 is 6.17 Å². The van der Waals surface area contributed by atoms with Gasteiger partial charge >= 0.3 is 0 Å². The molecule has 2 aliphatic heterocycles. The molecule has 0 aromatic heterocycles. The number of nitrogens with one attached hydrogen (secondary N) is 1. The van der Waals surface area contributed by atoms with Crippen LogP contribution in [-0.4, -0.2) is 63.5 Å². The summed E-state index contributed by atoms with van der Waals surface area (Å²) < 4.78 is 35.7. The highest BCUT2D eigenvalue weighted by molar-refractivity contribution is 5.79. The van der Waals surface area contributed by atoms with Gasteiger partial charge in [-0.2, -0.15) is 0 Å². The van der Waals surface area contributed by atoms with Crippen LogP contribution >= 0.6 is 0 Å². The molecule has 0 saturated carbocycles. The van der Waals surface area contributed by atoms with E-state index in [0.29, 0.717) is 62.2 Å². The number of ether oxygens (including phenoxy) is 4. The predicted octanol–water partition coefficient (Wildman–Crippen LogP) is 3.44. The number of hydrogen-bond acceptors (Lipinski definition) is 6. The van der Waals surface area contributed by atoms with Crippen LogP contribution in [-0.2, 0) is 4.79 Å². The maximum absolute atomic E-state index is 13.7. The van der Waals surface area contributed by atoms with E-state index in [1.807, 2.05) is 29.2 Å². The van der Waals surface area contributed by atoms with Crippen molar-refractivity contribution in [3.63, 3.8) is 0 Å². The summed E-state index contributed by atoms with van der Waals surface area (Å²) in [5, 5.41) is 2.98. The predicted molar refractivity (Wildman–Crippen MR) is 123 cm³/mol. The van der Waals surface area contributed by atoms with Gasteiger partial charge in [-0.3, -0.25) is 9.69 Å². The molecule has 0 aliphatic carbocycles. The molecule has 2 aromatic rings. The van der Waals surface area contributed by atoms with E-state index in [-0.39, 0.29) is 18.9 Å². The van der Waals surface area contributed by atoms with Gasteiger partial charge in [-0.05, 0) is 54.5 Å². The van der Waals surface area contributed by atoms with Gasteiger partial charge in [0.05, 0.1) is 20.1 Å². The Labute approximate surface area is 193 Å². The minimum absolute atomic E-state index is 0.164. The number of carbonyl (C=O) groups is 1. The average molecular weight is 457 g/mol. The fourth-order valence-electron chi connectivity index (χ4n) is 3.82. The summed E-state index contributed by atoms with van der Waals surface area (Å²) in [6.07, 6.45) is 1.78. The molecule has 7 nitrogen and oxygen atoms in total. The number of fused-ring (bicyclic) bond motifs is 1. The van der Waals surface area contributed by atoms with Gasteiger partial charge in [0.2, 0.25) is 5.91 Å². The molecule has 1 saturated heterocycles. The molecule has 0 bridgehead atoms. The second-order valence-electron chi connectivity index (χ2n) is 8.02. The second kappa shape index (κ2) is 11.0. The van der Waals surface area contributed by atoms with Crippen LogP contribution in [0.25, 0.3) is 6.08 Å². The molecule has 176 valence electrons. The molecule has 0 unspecified atom stereocenters. The monoisotopic (exact) mass is 456 g/mol. The smallest absolute Gasteiger partial charge is 0.227 e. The lowest BCUT2D eigenvalue weighted by Crippen LogP contribution is -2.32. The molecule has 1 atom stereocenters. The lowest BCUT2D eigenvalue weighted by molar-refractivity contribution is -0.120. The normalized spacial score (nSPS) is 18.1. The molecule has 1 N–H and O–H groups in total. The Morgan fingerprint density at radius 1 is 1.15 bits per heavy atom. The Bertz CT molecular complexity index is 979. The third-order valence-electron chi connectivity index (χ3n) is 5.47. The van der Waals surface area contributed by atoms with Crippen LogP contribution in [0.5, 0.6) is 23.0 Å². The number of benzene rings is 2. The summed E-state index contributed by atoms with van der Waals surface area (Å²) in [4.78, 5) is 14.6. The fourth-order valence-corrected chi connectivity index (χ4v) is 3.82. The summed E-state index contributed by atoms with van der Waals surface area (Å²) in [5.74, 6) is 2.63. The maximum Gasteiger partial charge on any atom is 0.227 e. The van der Waals surface area contributed by atoms with Gasteiger partial charge in [0.15, 0.2) is 11.5 Å². The largest absolute Gasteiger partial charge is 0.497 e. The number of hydrogen-bond donors (Lipinski definition) is 1. The summed E-state index contributed by atoms with van der Waals surface area (Å²) in [5.41, 5.74) is 1.58. The fraction of sp³-hybridized carbons (Fsp3) is 0.400. The highest BCUT2D eigenvalue weighted by atomic mass is 19.1. The SMILES string of the molecule is COc1ccc(OCCC(=O)N/C(=C\c2ccc3c(c2)OCCO3)CN2CC[C@@H](F)C2)cc1. The van der Waals surface area contributed by atoms with Gasteiger partial charge in [-0.1, -0.05) is 6.07 Å². The zero-order valence-electron chi connectivity index (χ0n) is 18.7. The summed E-state index contributed by atoms with van der Waals surface area (Å²) in [6, 6.07) is 12.9. The first kappa shape index (κ1) is 22.9. The Morgan fingerprint density at radius 2 is 1.91 bits per heavy atom. The Hall–Kier alpha value is -3.26. The summed E-state index contributed by atoms with van der Waals surface area (Å²) >= 11 is 0. The molecular weight excluding hydrogens is 427 g/mol. The van der Waals surface area contributed by atoms with Crippen LogP contribution in [0.15, 0.2) is 48.2 Å². The molecule has 4 rings (SSSR count). The molecule has 2 aliphatic rings. The van der Waals surface area contributed by atoms with Crippen molar-refractivity contribution in [2.24, 2.45) is 0 Å². The molecular formula is C25H29FN2O5. The topological polar surface area (TPSA) is 69.3 Å². The highest BCUT2D eigenvalue weighted by Gasteiger charge is 2.23. The molecule has 0 radical (unpaired) electrons. The number of alkyl halides is 1. The van der Waals surface area contributed by atoms with Gasteiger partial charge in [0, 0.05) is 25.3 Å². The summed E-state index contributed by atoms with van der Waals surface area (Å²) in [7, 11) is 1.60. The van der Waals surface area contributed by atoms with E-state index in [4.69, 9.17) is 18.9 Å². The first-order valence-corrected chi connectivity index (χ1v) is 11.1. The minimum atomic E-state index is -0.825. The molecule has 1 fully saturated rings. The van der Waals surface area contributed by atoms with Crippen LogP contribution in [0.1, 0.15) is 18.4 Å². The van der Waals surface area contributed by atoms with Crippen molar-refractivity contribution in [2.45, 2.75) is 19.0 Å². The number of methoxy groups -OCH3 is 1. The number of likely N-dealkylation sites (tertiary alicyclic amines) is 1. The van der Waals surface area contributed by atoms with E-state index in [9.17, 15) is 9.18 Å². The van der Waals surface area contributed by atoms with Crippen molar-refractivity contribution < 1.29 is 28.1 Å². The van der Waals surface area contributed by atoms with Crippen molar-refractivity contribution in [3.8, 4) is 23.0 Å². The number of nitrogens with zero attached hydrogens (tertiary/aromatic N) is 1. The van der Waals surface area contributed by atoms with Gasteiger partial charge < -0.3 is 24.3 Å². The number of carbonyl (C=O) groups excluding carboxylic acids is 1. The van der Waals surface area contributed by atoms with E-state index in [0.717, 1.165) is 11.3 Å². The van der Waals surface area contributed by atoms with Gasteiger partial charge in [-0.25, -0.2) is 4.39 Å². The van der Waals surface area contributed by atoms with E-state index in [1.165, 1.54) is 0 Å². The van der Waals surface area contributed by atoms with Crippen molar-refractivity contribution in [1.29, 1.82) is 0 Å². The van der Waals surface area contributed by atoms with Crippen LogP contribution in [0.3, 0.4) is 0 Å². The standard InChI is InChI=1S/C25H29FN2O5/c1-30-21-3-5-22(6-4-21)31-11-9-25(29)27-20(17-28-10-8-19(26)16-28)14-18-2-7-23-24(15-18)33-13-12-32-23/h2-7,14-15,19H,8-13,16-17H2,1H3,(H,27,29)/b20-14-/t19-/m1/s1. The highest BCUT2D eigenvalue weighted by Crippen LogP contribution is 2.31. The van der Waals surface area contributed by atoms with Gasteiger partial charge in [-0.15, -0.1) is 0 Å². The Morgan fingerprint density at radius 3 is 2.64 bits per heavy atom. The number of amides is 1. The maximum atomic E-state index is 13.7. The molecule has 8 heteroatoms. The van der Waals surface area contributed by atoms with Crippen LogP contribution in [0, 0.1) is 0 Å². The van der Waals surface area contributed by atoms with Crippen LogP contribution in [0.2, 0.25) is 0 Å². The lowest BCUT2D eigenvalue weighted by Gasteiger charge is -2.20. The van der Waals surface area contributed by atoms with E-state index in [1.54, 1.807) is 31.4 Å². The first-order chi connectivity index (χ1) is 16.1. The minimum Gasteiger partial charge on any atom is -0.497 e. The van der Waals surface area contributed by atoms with Gasteiger partial charge in [0.1, 0.15) is 30.9 Å².